The lowest BCUT2D eigenvalue weighted by Gasteiger charge is -2.24. The first kappa shape index (κ1) is 19.0. The zero-order chi connectivity index (χ0) is 20.7. The lowest BCUT2D eigenvalue weighted by atomic mass is 10.1. The molecular weight excluding hydrogens is 408 g/mol. The van der Waals surface area contributed by atoms with Gasteiger partial charge in [-0.1, -0.05) is 5.16 Å². The highest BCUT2D eigenvalue weighted by atomic mass is 32.2. The largest absolute Gasteiger partial charge is 0.372 e. The number of H-pyrrole nitrogens is 1. The van der Waals surface area contributed by atoms with E-state index in [4.69, 9.17) is 4.52 Å². The third-order valence-corrected chi connectivity index (χ3v) is 6.98. The Labute approximate surface area is 171 Å². The van der Waals surface area contributed by atoms with Crippen LogP contribution >= 0.6 is 0 Å². The van der Waals surface area contributed by atoms with Gasteiger partial charge in [-0.25, -0.2) is 8.42 Å². The lowest BCUT2D eigenvalue weighted by Crippen LogP contribution is -2.31. The highest BCUT2D eigenvalue weighted by molar-refractivity contribution is 7.91. The second-order valence-corrected chi connectivity index (χ2v) is 9.59. The van der Waals surface area contributed by atoms with Gasteiger partial charge in [-0.05, 0) is 30.7 Å². The van der Waals surface area contributed by atoms with E-state index in [1.54, 1.807) is 17.2 Å². The van der Waals surface area contributed by atoms with Crippen LogP contribution in [-0.2, 0) is 9.84 Å². The fourth-order valence-electron chi connectivity index (χ4n) is 3.67. The van der Waals surface area contributed by atoms with Crippen molar-refractivity contribution in [3.05, 3.63) is 42.2 Å². The molecular formula is C19H20N6O4S. The van der Waals surface area contributed by atoms with Crippen LogP contribution in [0.25, 0.3) is 22.0 Å². The summed E-state index contributed by atoms with van der Waals surface area (Å²) in [5.74, 6) is 0.761. The number of hydrogen-bond donors (Lipinski definition) is 3. The molecule has 156 valence electrons. The number of sulfone groups is 1. The monoisotopic (exact) mass is 428 g/mol. The van der Waals surface area contributed by atoms with E-state index in [0.717, 1.165) is 16.7 Å². The van der Waals surface area contributed by atoms with Crippen molar-refractivity contribution in [1.82, 2.24) is 25.2 Å². The summed E-state index contributed by atoms with van der Waals surface area (Å²) in [4.78, 5) is 6.04. The van der Waals surface area contributed by atoms with E-state index in [-0.39, 0.29) is 18.1 Å². The van der Waals surface area contributed by atoms with Crippen molar-refractivity contribution >= 4 is 43.3 Å². The summed E-state index contributed by atoms with van der Waals surface area (Å²) in [6.45, 7) is 0.740. The molecule has 0 bridgehead atoms. The number of nitrogens with zero attached hydrogens (tertiary/aromatic N) is 4. The van der Waals surface area contributed by atoms with Crippen LogP contribution in [0, 0.1) is 0 Å². The molecule has 1 fully saturated rings. The molecule has 1 saturated heterocycles. The van der Waals surface area contributed by atoms with Gasteiger partial charge in [0.1, 0.15) is 11.2 Å². The number of anilines is 2. The Morgan fingerprint density at radius 1 is 1.23 bits per heavy atom. The van der Waals surface area contributed by atoms with Gasteiger partial charge < -0.3 is 14.9 Å². The van der Waals surface area contributed by atoms with E-state index < -0.39 is 16.1 Å². The van der Waals surface area contributed by atoms with Gasteiger partial charge in [-0.2, -0.15) is 5.10 Å². The summed E-state index contributed by atoms with van der Waals surface area (Å²) in [5.41, 5.74) is 3.17. The van der Waals surface area contributed by atoms with Crippen LogP contribution in [0.5, 0.6) is 0 Å². The standard InChI is InChI=1S/C19H20N6O4S/c26-19(25-7-2-9-30(27,28)10-8-25)16-13-5-4-12(11-15(13)29-24-16)21-18-17-14(22-23-18)3-1-6-20-17/h1,3-6,11,19,26H,2,7-10H2,(H2,21,22,23). The average Bonchev–Trinajstić information content (AvgIpc) is 3.29. The summed E-state index contributed by atoms with van der Waals surface area (Å²) >= 11 is 0. The maximum absolute atomic E-state index is 11.8. The van der Waals surface area contributed by atoms with Crippen LogP contribution in [-0.4, -0.2) is 63.4 Å². The summed E-state index contributed by atoms with van der Waals surface area (Å²) in [5, 5.41) is 25.9. The summed E-state index contributed by atoms with van der Waals surface area (Å²) in [6, 6.07) is 9.14. The SMILES string of the molecule is O=S1(=O)CCCN(C(O)c2noc3cc(Nc4n[nH]c5cccnc45)ccc23)CC1. The Kier molecular flexibility index (Phi) is 4.65. The van der Waals surface area contributed by atoms with Crippen molar-refractivity contribution in [2.45, 2.75) is 12.6 Å². The van der Waals surface area contributed by atoms with Crippen LogP contribution in [0.4, 0.5) is 11.5 Å². The normalized spacial score (nSPS) is 18.4. The molecule has 5 rings (SSSR count). The van der Waals surface area contributed by atoms with Crippen molar-refractivity contribution in [2.24, 2.45) is 0 Å². The number of nitrogens with one attached hydrogen (secondary N) is 2. The van der Waals surface area contributed by atoms with E-state index in [1.807, 2.05) is 24.3 Å². The maximum Gasteiger partial charge on any atom is 0.178 e. The molecule has 3 N–H and O–H groups in total. The van der Waals surface area contributed by atoms with Crippen molar-refractivity contribution in [3.8, 4) is 0 Å². The van der Waals surface area contributed by atoms with Gasteiger partial charge >= 0.3 is 0 Å². The molecule has 1 aliphatic heterocycles. The molecule has 4 aromatic rings. The first-order valence-electron chi connectivity index (χ1n) is 9.58. The number of fused-ring (bicyclic) bond motifs is 2. The minimum atomic E-state index is -3.06. The molecule has 0 amide bonds. The van der Waals surface area contributed by atoms with Crippen molar-refractivity contribution < 1.29 is 18.0 Å². The zero-order valence-electron chi connectivity index (χ0n) is 15.9. The lowest BCUT2D eigenvalue weighted by molar-refractivity contribution is 0.00272. The quantitative estimate of drug-likeness (QED) is 0.445. The predicted molar refractivity (Wildman–Crippen MR) is 111 cm³/mol. The highest BCUT2D eigenvalue weighted by Crippen LogP contribution is 2.30. The van der Waals surface area contributed by atoms with Gasteiger partial charge in [-0.15, -0.1) is 0 Å². The molecule has 0 saturated carbocycles. The smallest absolute Gasteiger partial charge is 0.178 e. The van der Waals surface area contributed by atoms with E-state index in [1.165, 1.54) is 0 Å². The second-order valence-electron chi connectivity index (χ2n) is 7.29. The fraction of sp³-hybridized carbons (Fsp3) is 0.316. The topological polar surface area (TPSA) is 137 Å². The summed E-state index contributed by atoms with van der Waals surface area (Å²) in [6.07, 6.45) is 1.15. The third-order valence-electron chi connectivity index (χ3n) is 5.26. The molecule has 3 aromatic heterocycles. The van der Waals surface area contributed by atoms with Gasteiger partial charge in [0, 0.05) is 36.4 Å². The first-order valence-corrected chi connectivity index (χ1v) is 11.4. The molecule has 1 atom stereocenters. The van der Waals surface area contributed by atoms with Crippen LogP contribution in [0.2, 0.25) is 0 Å². The first-order chi connectivity index (χ1) is 14.5. The van der Waals surface area contributed by atoms with E-state index in [9.17, 15) is 13.5 Å². The number of aromatic nitrogens is 4. The molecule has 0 radical (unpaired) electrons. The predicted octanol–water partition coefficient (Wildman–Crippen LogP) is 1.95. The van der Waals surface area contributed by atoms with Crippen molar-refractivity contribution in [1.29, 1.82) is 0 Å². The van der Waals surface area contributed by atoms with Crippen molar-refractivity contribution in [3.63, 3.8) is 0 Å². The van der Waals surface area contributed by atoms with Crippen molar-refractivity contribution in [2.75, 3.05) is 29.9 Å². The molecule has 4 heterocycles. The number of benzene rings is 1. The van der Waals surface area contributed by atoms with Crippen LogP contribution in [0.1, 0.15) is 18.3 Å². The second kappa shape index (κ2) is 7.35. The molecule has 30 heavy (non-hydrogen) atoms. The molecule has 0 spiro atoms. The number of aliphatic hydroxyl groups is 1. The Morgan fingerprint density at radius 2 is 2.13 bits per heavy atom. The Morgan fingerprint density at radius 3 is 3.03 bits per heavy atom. The molecule has 1 aliphatic rings. The van der Waals surface area contributed by atoms with Gasteiger partial charge in [0.2, 0.25) is 0 Å². The van der Waals surface area contributed by atoms with Crippen LogP contribution in [0.3, 0.4) is 0 Å². The van der Waals surface area contributed by atoms with Gasteiger partial charge in [0.15, 0.2) is 27.5 Å². The van der Waals surface area contributed by atoms with Crippen LogP contribution < -0.4 is 5.32 Å². The minimum Gasteiger partial charge on any atom is -0.372 e. The Bertz CT molecular complexity index is 1320. The number of aromatic amines is 1. The number of pyridine rings is 1. The van der Waals surface area contributed by atoms with Gasteiger partial charge in [0.25, 0.3) is 0 Å². The maximum atomic E-state index is 11.8. The number of rotatable bonds is 4. The molecule has 10 nitrogen and oxygen atoms in total. The average molecular weight is 428 g/mol. The van der Waals surface area contributed by atoms with E-state index in [2.05, 4.69) is 25.7 Å². The number of hydrogen-bond acceptors (Lipinski definition) is 9. The zero-order valence-corrected chi connectivity index (χ0v) is 16.8. The molecule has 1 unspecified atom stereocenters. The number of aliphatic hydroxyl groups excluding tert-OH is 1. The van der Waals surface area contributed by atoms with E-state index >= 15 is 0 Å². The molecule has 11 heteroatoms. The summed E-state index contributed by atoms with van der Waals surface area (Å²) < 4.78 is 29.1. The van der Waals surface area contributed by atoms with Gasteiger partial charge in [0.05, 0.1) is 17.0 Å². The van der Waals surface area contributed by atoms with Crippen LogP contribution in [0.15, 0.2) is 41.1 Å². The fourth-order valence-corrected chi connectivity index (χ4v) is 4.96. The highest BCUT2D eigenvalue weighted by Gasteiger charge is 2.27. The molecule has 0 aliphatic carbocycles. The minimum absolute atomic E-state index is 0.0274. The Balaban J connectivity index is 1.40. The summed E-state index contributed by atoms with van der Waals surface area (Å²) in [7, 11) is -3.06. The van der Waals surface area contributed by atoms with Gasteiger partial charge in [-0.3, -0.25) is 15.0 Å². The Hall–Kier alpha value is -3.02. The third kappa shape index (κ3) is 3.51. The van der Waals surface area contributed by atoms with E-state index in [0.29, 0.717) is 35.4 Å². The molecule has 1 aromatic carbocycles.